The molecule has 1 fully saturated rings. The van der Waals surface area contributed by atoms with E-state index in [1.165, 1.54) is 25.7 Å². The van der Waals surface area contributed by atoms with Gasteiger partial charge >= 0.3 is 0 Å². The third kappa shape index (κ3) is 3.12. The van der Waals surface area contributed by atoms with Crippen LogP contribution in [0.1, 0.15) is 31.2 Å². The number of benzene rings is 1. The summed E-state index contributed by atoms with van der Waals surface area (Å²) in [6.07, 6.45) is 4.82. The van der Waals surface area contributed by atoms with Crippen molar-refractivity contribution in [1.82, 2.24) is 10.2 Å². The molecule has 1 saturated carbocycles. The maximum Gasteiger partial charge on any atom is 0.163 e. The molecular formula is C15H22F2N2. The lowest BCUT2D eigenvalue weighted by molar-refractivity contribution is 0.153. The highest BCUT2D eigenvalue weighted by Gasteiger charge is 2.35. The number of nitrogens with one attached hydrogen (secondary N) is 1. The van der Waals surface area contributed by atoms with Gasteiger partial charge in [0.15, 0.2) is 11.6 Å². The van der Waals surface area contributed by atoms with Crippen molar-refractivity contribution >= 4 is 0 Å². The normalized spacial score (nSPS) is 18.2. The van der Waals surface area contributed by atoms with E-state index < -0.39 is 11.6 Å². The molecule has 0 aromatic heterocycles. The van der Waals surface area contributed by atoms with Crippen molar-refractivity contribution in [2.75, 3.05) is 20.6 Å². The van der Waals surface area contributed by atoms with E-state index in [2.05, 4.69) is 24.3 Å². The Morgan fingerprint density at radius 1 is 1.21 bits per heavy atom. The third-order valence-corrected chi connectivity index (χ3v) is 4.28. The minimum absolute atomic E-state index is 0.170. The predicted molar refractivity (Wildman–Crippen MR) is 73.0 cm³/mol. The molecule has 1 aromatic rings. The summed E-state index contributed by atoms with van der Waals surface area (Å²) in [5, 5.41) is 3.29. The maximum atomic E-state index is 13.5. The Morgan fingerprint density at radius 2 is 1.89 bits per heavy atom. The maximum absolute atomic E-state index is 13.5. The molecular weight excluding hydrogens is 246 g/mol. The van der Waals surface area contributed by atoms with Crippen LogP contribution >= 0.6 is 0 Å². The Morgan fingerprint density at radius 3 is 2.53 bits per heavy atom. The van der Waals surface area contributed by atoms with E-state index in [1.807, 2.05) is 0 Å². The molecule has 4 heteroatoms. The highest BCUT2D eigenvalue weighted by molar-refractivity contribution is 5.18. The summed E-state index contributed by atoms with van der Waals surface area (Å²) in [7, 11) is 4.19. The van der Waals surface area contributed by atoms with E-state index in [0.29, 0.717) is 12.1 Å². The predicted octanol–water partition coefficient (Wildman–Crippen LogP) is 2.93. The molecule has 0 saturated heterocycles. The van der Waals surface area contributed by atoms with Crippen LogP contribution in [0.3, 0.4) is 0 Å². The SMILES string of the molecule is CN(C)C1(CNCc2cccc(F)c2F)CCCC1. The van der Waals surface area contributed by atoms with Gasteiger partial charge in [-0.05, 0) is 33.0 Å². The van der Waals surface area contributed by atoms with Gasteiger partial charge in [-0.1, -0.05) is 25.0 Å². The average molecular weight is 268 g/mol. The van der Waals surface area contributed by atoms with Gasteiger partial charge in [0.25, 0.3) is 0 Å². The summed E-state index contributed by atoms with van der Waals surface area (Å²) in [5.74, 6) is -1.51. The fraction of sp³-hybridized carbons (Fsp3) is 0.600. The fourth-order valence-electron chi connectivity index (χ4n) is 2.93. The monoisotopic (exact) mass is 268 g/mol. The molecule has 1 aliphatic rings. The molecule has 2 rings (SSSR count). The summed E-state index contributed by atoms with van der Waals surface area (Å²) < 4.78 is 26.6. The molecule has 0 aliphatic heterocycles. The molecule has 0 atom stereocenters. The van der Waals surface area contributed by atoms with Gasteiger partial charge in [0.2, 0.25) is 0 Å². The summed E-state index contributed by atoms with van der Waals surface area (Å²) in [6.45, 7) is 1.19. The summed E-state index contributed by atoms with van der Waals surface area (Å²) in [4.78, 5) is 2.26. The largest absolute Gasteiger partial charge is 0.311 e. The topological polar surface area (TPSA) is 15.3 Å². The Bertz CT molecular complexity index is 426. The molecule has 19 heavy (non-hydrogen) atoms. The second-order valence-electron chi connectivity index (χ2n) is 5.64. The zero-order chi connectivity index (χ0) is 13.9. The lowest BCUT2D eigenvalue weighted by Crippen LogP contribution is -2.49. The standard InChI is InChI=1S/C15H22F2N2/c1-19(2)15(8-3-4-9-15)11-18-10-12-6-5-7-13(16)14(12)17/h5-7,18H,3-4,8-11H2,1-2H3. The fourth-order valence-corrected chi connectivity index (χ4v) is 2.93. The molecule has 0 unspecified atom stereocenters. The van der Waals surface area contributed by atoms with E-state index >= 15 is 0 Å². The first-order chi connectivity index (χ1) is 9.05. The van der Waals surface area contributed by atoms with Crippen molar-refractivity contribution in [2.24, 2.45) is 0 Å². The minimum Gasteiger partial charge on any atom is -0.311 e. The van der Waals surface area contributed by atoms with Gasteiger partial charge in [0.05, 0.1) is 0 Å². The van der Waals surface area contributed by atoms with Gasteiger partial charge in [-0.15, -0.1) is 0 Å². The Labute approximate surface area is 113 Å². The first kappa shape index (κ1) is 14.4. The highest BCUT2D eigenvalue weighted by Crippen LogP contribution is 2.33. The van der Waals surface area contributed by atoms with Crippen molar-refractivity contribution in [3.8, 4) is 0 Å². The first-order valence-electron chi connectivity index (χ1n) is 6.86. The lowest BCUT2D eigenvalue weighted by atomic mass is 9.96. The quantitative estimate of drug-likeness (QED) is 0.883. The van der Waals surface area contributed by atoms with Gasteiger partial charge in [0, 0.05) is 24.2 Å². The third-order valence-electron chi connectivity index (χ3n) is 4.28. The minimum atomic E-state index is -0.775. The van der Waals surface area contributed by atoms with Gasteiger partial charge in [0.1, 0.15) is 0 Å². The van der Waals surface area contributed by atoms with Crippen molar-refractivity contribution in [3.63, 3.8) is 0 Å². The lowest BCUT2D eigenvalue weighted by Gasteiger charge is -2.36. The smallest absolute Gasteiger partial charge is 0.163 e. The first-order valence-corrected chi connectivity index (χ1v) is 6.86. The number of hydrogen-bond donors (Lipinski definition) is 1. The van der Waals surface area contributed by atoms with Crippen LogP contribution in [0.4, 0.5) is 8.78 Å². The zero-order valence-corrected chi connectivity index (χ0v) is 11.7. The molecule has 0 spiro atoms. The van der Waals surface area contributed by atoms with Crippen LogP contribution in [-0.4, -0.2) is 31.1 Å². The molecule has 0 bridgehead atoms. The second kappa shape index (κ2) is 5.97. The molecule has 1 aliphatic carbocycles. The molecule has 0 heterocycles. The van der Waals surface area contributed by atoms with Crippen LogP contribution in [0.25, 0.3) is 0 Å². The van der Waals surface area contributed by atoms with Crippen molar-refractivity contribution in [3.05, 3.63) is 35.4 Å². The average Bonchev–Trinajstić information content (AvgIpc) is 2.85. The molecule has 0 amide bonds. The number of likely N-dealkylation sites (N-methyl/N-ethyl adjacent to an activating group) is 1. The molecule has 0 radical (unpaired) electrons. The number of hydrogen-bond acceptors (Lipinski definition) is 2. The number of rotatable bonds is 5. The van der Waals surface area contributed by atoms with E-state index in [1.54, 1.807) is 12.1 Å². The highest BCUT2D eigenvalue weighted by atomic mass is 19.2. The van der Waals surface area contributed by atoms with E-state index in [9.17, 15) is 8.78 Å². The van der Waals surface area contributed by atoms with Crippen molar-refractivity contribution in [1.29, 1.82) is 0 Å². The summed E-state index contributed by atoms with van der Waals surface area (Å²) in [5.41, 5.74) is 0.566. The Balaban J connectivity index is 1.94. The van der Waals surface area contributed by atoms with Crippen LogP contribution in [0.15, 0.2) is 18.2 Å². The number of halogens is 2. The van der Waals surface area contributed by atoms with E-state index in [4.69, 9.17) is 0 Å². The van der Waals surface area contributed by atoms with Crippen LogP contribution in [0.2, 0.25) is 0 Å². The Hall–Kier alpha value is -1.00. The van der Waals surface area contributed by atoms with Crippen LogP contribution in [-0.2, 0) is 6.54 Å². The summed E-state index contributed by atoms with van der Waals surface area (Å²) >= 11 is 0. The van der Waals surface area contributed by atoms with Gasteiger partial charge in [-0.3, -0.25) is 0 Å². The van der Waals surface area contributed by atoms with Crippen molar-refractivity contribution in [2.45, 2.75) is 37.8 Å². The second-order valence-corrected chi connectivity index (χ2v) is 5.64. The van der Waals surface area contributed by atoms with Crippen LogP contribution in [0.5, 0.6) is 0 Å². The van der Waals surface area contributed by atoms with Crippen LogP contribution in [0, 0.1) is 11.6 Å². The number of nitrogens with zero attached hydrogens (tertiary/aromatic N) is 1. The Kier molecular flexibility index (Phi) is 4.53. The van der Waals surface area contributed by atoms with Gasteiger partial charge in [-0.25, -0.2) is 8.78 Å². The van der Waals surface area contributed by atoms with E-state index in [0.717, 1.165) is 12.6 Å². The molecule has 1 aromatic carbocycles. The molecule has 106 valence electrons. The summed E-state index contributed by atoms with van der Waals surface area (Å²) in [6, 6.07) is 4.33. The van der Waals surface area contributed by atoms with Gasteiger partial charge < -0.3 is 10.2 Å². The van der Waals surface area contributed by atoms with E-state index in [-0.39, 0.29) is 5.54 Å². The van der Waals surface area contributed by atoms with Crippen LogP contribution < -0.4 is 5.32 Å². The molecule has 2 nitrogen and oxygen atoms in total. The molecule has 1 N–H and O–H groups in total. The van der Waals surface area contributed by atoms with Gasteiger partial charge in [-0.2, -0.15) is 0 Å². The zero-order valence-electron chi connectivity index (χ0n) is 11.7. The van der Waals surface area contributed by atoms with Crippen molar-refractivity contribution < 1.29 is 8.78 Å².